The zero-order valence-electron chi connectivity index (χ0n) is 15.5. The van der Waals surface area contributed by atoms with Gasteiger partial charge in [0.05, 0.1) is 10.6 Å². The molecule has 3 heterocycles. The van der Waals surface area contributed by atoms with E-state index >= 15 is 0 Å². The molecule has 154 valence electrons. The van der Waals surface area contributed by atoms with Gasteiger partial charge < -0.3 is 9.64 Å². The van der Waals surface area contributed by atoms with Crippen LogP contribution in [0.5, 0.6) is 0 Å². The Morgan fingerprint density at radius 1 is 1.29 bits per heavy atom. The number of ether oxygens (including phenoxy) is 1. The molecule has 3 rings (SSSR count). The van der Waals surface area contributed by atoms with Gasteiger partial charge in [0.1, 0.15) is 16.5 Å². The highest BCUT2D eigenvalue weighted by molar-refractivity contribution is 7.22. The van der Waals surface area contributed by atoms with Crippen molar-refractivity contribution in [3.8, 4) is 9.88 Å². The van der Waals surface area contributed by atoms with E-state index in [4.69, 9.17) is 0 Å². The van der Waals surface area contributed by atoms with Gasteiger partial charge in [-0.25, -0.2) is 4.98 Å². The minimum Gasteiger partial charge on any atom is -0.372 e. The first-order valence-corrected chi connectivity index (χ1v) is 10.7. The highest BCUT2D eigenvalue weighted by Gasteiger charge is 2.28. The molecule has 10 heteroatoms. The number of alkyl halides is 3. The number of hydrogen-bond donors (Lipinski definition) is 0. The molecule has 0 bridgehead atoms. The Balaban J connectivity index is 1.44. The van der Waals surface area contributed by atoms with Gasteiger partial charge in [-0.3, -0.25) is 9.69 Å². The van der Waals surface area contributed by atoms with E-state index in [2.05, 4.69) is 14.6 Å². The van der Waals surface area contributed by atoms with Gasteiger partial charge in [0, 0.05) is 39.3 Å². The Bertz CT molecular complexity index is 770. The lowest BCUT2D eigenvalue weighted by Crippen LogP contribution is -2.48. The highest BCUT2D eigenvalue weighted by Crippen LogP contribution is 2.31. The standard InChI is InChI=1S/C18H22F3N3O2S2/c1-13-15(28-16(22-13)14-4-2-11-27-14)17(25)24-8-6-23(7-9-24)5-3-10-26-12-18(19,20)21/h2,4,11H,3,5-10,12H2,1H3. The number of piperazine rings is 1. The fraction of sp³-hybridized carbons (Fsp3) is 0.556. The number of aryl methyl sites for hydroxylation is 1. The third-order valence-corrected chi connectivity index (χ3v) is 6.60. The Hall–Kier alpha value is -1.49. The molecule has 0 radical (unpaired) electrons. The van der Waals surface area contributed by atoms with Crippen molar-refractivity contribution in [3.63, 3.8) is 0 Å². The van der Waals surface area contributed by atoms with Crippen LogP contribution in [-0.4, -0.2) is 72.8 Å². The molecular formula is C18H22F3N3O2S2. The number of rotatable bonds is 7. The van der Waals surface area contributed by atoms with Gasteiger partial charge in [-0.15, -0.1) is 22.7 Å². The number of halogens is 3. The molecular weight excluding hydrogens is 411 g/mol. The van der Waals surface area contributed by atoms with Gasteiger partial charge in [-0.1, -0.05) is 6.07 Å². The quantitative estimate of drug-likeness (QED) is 0.622. The molecule has 0 aromatic carbocycles. The monoisotopic (exact) mass is 433 g/mol. The molecule has 0 spiro atoms. The number of nitrogens with zero attached hydrogens (tertiary/aromatic N) is 3. The highest BCUT2D eigenvalue weighted by atomic mass is 32.1. The van der Waals surface area contributed by atoms with E-state index in [0.717, 1.165) is 15.6 Å². The zero-order chi connectivity index (χ0) is 20.1. The van der Waals surface area contributed by atoms with Crippen molar-refractivity contribution in [2.24, 2.45) is 0 Å². The second-order valence-corrected chi connectivity index (χ2v) is 8.51. The molecule has 2 aromatic rings. The van der Waals surface area contributed by atoms with Crippen molar-refractivity contribution in [1.29, 1.82) is 0 Å². The fourth-order valence-corrected chi connectivity index (χ4v) is 4.83. The van der Waals surface area contributed by atoms with Crippen molar-refractivity contribution in [3.05, 3.63) is 28.1 Å². The molecule has 1 aliphatic heterocycles. The van der Waals surface area contributed by atoms with Crippen LogP contribution in [0.2, 0.25) is 0 Å². The predicted octanol–water partition coefficient (Wildman–Crippen LogP) is 3.91. The molecule has 1 fully saturated rings. The summed E-state index contributed by atoms with van der Waals surface area (Å²) in [5, 5.41) is 2.86. The molecule has 1 amide bonds. The van der Waals surface area contributed by atoms with E-state index in [9.17, 15) is 18.0 Å². The van der Waals surface area contributed by atoms with Gasteiger partial charge in [-0.05, 0) is 24.8 Å². The normalized spacial score (nSPS) is 15.9. The third kappa shape index (κ3) is 5.76. The van der Waals surface area contributed by atoms with Gasteiger partial charge in [0.25, 0.3) is 5.91 Å². The molecule has 1 saturated heterocycles. The number of amides is 1. The van der Waals surface area contributed by atoms with Crippen LogP contribution in [0.4, 0.5) is 13.2 Å². The van der Waals surface area contributed by atoms with Crippen LogP contribution in [0, 0.1) is 6.92 Å². The summed E-state index contributed by atoms with van der Waals surface area (Å²) in [7, 11) is 0. The van der Waals surface area contributed by atoms with E-state index in [1.165, 1.54) is 11.3 Å². The van der Waals surface area contributed by atoms with Gasteiger partial charge in [-0.2, -0.15) is 13.2 Å². The minimum absolute atomic E-state index is 0.00552. The van der Waals surface area contributed by atoms with Crippen LogP contribution in [0.25, 0.3) is 9.88 Å². The predicted molar refractivity (Wildman–Crippen MR) is 104 cm³/mol. The number of carbonyl (C=O) groups excluding carboxylic acids is 1. The average molecular weight is 434 g/mol. The van der Waals surface area contributed by atoms with E-state index < -0.39 is 12.8 Å². The second-order valence-electron chi connectivity index (χ2n) is 6.57. The average Bonchev–Trinajstić information content (AvgIpc) is 3.30. The SMILES string of the molecule is Cc1nc(-c2cccs2)sc1C(=O)N1CCN(CCCOCC(F)(F)F)CC1. The first-order valence-electron chi connectivity index (χ1n) is 9.01. The third-order valence-electron chi connectivity index (χ3n) is 4.41. The minimum atomic E-state index is -4.27. The summed E-state index contributed by atoms with van der Waals surface area (Å²) in [6, 6.07) is 3.96. The van der Waals surface area contributed by atoms with Crippen LogP contribution >= 0.6 is 22.7 Å². The molecule has 0 N–H and O–H groups in total. The number of hydrogen-bond acceptors (Lipinski definition) is 6. The Kier molecular flexibility index (Phi) is 7.08. The summed E-state index contributed by atoms with van der Waals surface area (Å²) < 4.78 is 40.7. The van der Waals surface area contributed by atoms with Crippen molar-refractivity contribution >= 4 is 28.6 Å². The lowest BCUT2D eigenvalue weighted by Gasteiger charge is -2.34. The summed E-state index contributed by atoms with van der Waals surface area (Å²) in [4.78, 5) is 23.1. The van der Waals surface area contributed by atoms with Crippen LogP contribution in [-0.2, 0) is 4.74 Å². The van der Waals surface area contributed by atoms with Crippen LogP contribution in [0.3, 0.4) is 0 Å². The molecule has 0 unspecified atom stereocenters. The first-order chi connectivity index (χ1) is 13.3. The van der Waals surface area contributed by atoms with Gasteiger partial charge in [0.2, 0.25) is 0 Å². The lowest BCUT2D eigenvalue weighted by molar-refractivity contribution is -0.174. The summed E-state index contributed by atoms with van der Waals surface area (Å²) in [6.45, 7) is 4.05. The molecule has 0 atom stereocenters. The maximum atomic E-state index is 12.9. The van der Waals surface area contributed by atoms with Crippen LogP contribution in [0.1, 0.15) is 21.8 Å². The van der Waals surface area contributed by atoms with E-state index in [-0.39, 0.29) is 12.5 Å². The Labute approximate surface area is 169 Å². The van der Waals surface area contributed by atoms with E-state index in [1.807, 2.05) is 29.3 Å². The smallest absolute Gasteiger partial charge is 0.372 e. The summed E-state index contributed by atoms with van der Waals surface area (Å²) in [6.07, 6.45) is -3.73. The molecule has 1 aliphatic rings. The maximum Gasteiger partial charge on any atom is 0.411 e. The summed E-state index contributed by atoms with van der Waals surface area (Å²) >= 11 is 3.03. The van der Waals surface area contributed by atoms with Crippen molar-refractivity contribution in [2.45, 2.75) is 19.5 Å². The summed E-state index contributed by atoms with van der Waals surface area (Å²) in [5.74, 6) is 0.00552. The van der Waals surface area contributed by atoms with Crippen LogP contribution in [0.15, 0.2) is 17.5 Å². The molecule has 5 nitrogen and oxygen atoms in total. The molecule has 28 heavy (non-hydrogen) atoms. The number of thiophene rings is 1. The zero-order valence-corrected chi connectivity index (χ0v) is 17.1. The van der Waals surface area contributed by atoms with Crippen molar-refractivity contribution in [1.82, 2.24) is 14.8 Å². The molecule has 2 aromatic heterocycles. The first kappa shape index (κ1) is 21.2. The maximum absolute atomic E-state index is 12.9. The largest absolute Gasteiger partial charge is 0.411 e. The second kappa shape index (κ2) is 9.34. The van der Waals surface area contributed by atoms with Crippen molar-refractivity contribution < 1.29 is 22.7 Å². The van der Waals surface area contributed by atoms with Crippen LogP contribution < -0.4 is 0 Å². The number of carbonyl (C=O) groups is 1. The van der Waals surface area contributed by atoms with Gasteiger partial charge in [0.15, 0.2) is 0 Å². The lowest BCUT2D eigenvalue weighted by atomic mass is 10.2. The summed E-state index contributed by atoms with van der Waals surface area (Å²) in [5.41, 5.74) is 0.752. The molecule has 0 aliphatic carbocycles. The van der Waals surface area contributed by atoms with Crippen molar-refractivity contribution in [2.75, 3.05) is 45.9 Å². The van der Waals surface area contributed by atoms with E-state index in [0.29, 0.717) is 44.0 Å². The topological polar surface area (TPSA) is 45.7 Å². The van der Waals surface area contributed by atoms with Gasteiger partial charge >= 0.3 is 6.18 Å². The van der Waals surface area contributed by atoms with E-state index in [1.54, 1.807) is 11.3 Å². The Morgan fingerprint density at radius 3 is 2.68 bits per heavy atom. The number of thiazole rings is 1. The Morgan fingerprint density at radius 2 is 2.04 bits per heavy atom. The number of aromatic nitrogens is 1. The molecule has 0 saturated carbocycles. The fourth-order valence-electron chi connectivity index (χ4n) is 3.00.